The highest BCUT2D eigenvalue weighted by Crippen LogP contribution is 2.37. The van der Waals surface area contributed by atoms with Crippen molar-refractivity contribution in [3.05, 3.63) is 27.5 Å². The molecule has 0 aromatic carbocycles. The highest BCUT2D eigenvalue weighted by molar-refractivity contribution is 14.1. The van der Waals surface area contributed by atoms with Gasteiger partial charge in [-0.1, -0.05) is 12.2 Å². The number of alkyl halides is 2. The molecule has 2 nitrogen and oxygen atoms in total. The van der Waals surface area contributed by atoms with Gasteiger partial charge in [0.25, 0.3) is 0 Å². The summed E-state index contributed by atoms with van der Waals surface area (Å²) in [6.45, 7) is 2.47. The van der Waals surface area contributed by atoms with Crippen LogP contribution in [-0.4, -0.2) is 17.5 Å². The first-order valence-corrected chi connectivity index (χ1v) is 7.92. The lowest BCUT2D eigenvalue weighted by molar-refractivity contribution is -0.0410. The third-order valence-corrected chi connectivity index (χ3v) is 4.03. The Morgan fingerprint density at radius 2 is 2.15 bits per heavy atom. The summed E-state index contributed by atoms with van der Waals surface area (Å²) in [7, 11) is 0. The lowest BCUT2D eigenvalue weighted by Gasteiger charge is -2.26. The maximum atomic E-state index is 13.1. The van der Waals surface area contributed by atoms with Gasteiger partial charge in [-0.25, -0.2) is 13.8 Å². The van der Waals surface area contributed by atoms with Gasteiger partial charge in [0.1, 0.15) is 0 Å². The van der Waals surface area contributed by atoms with Crippen molar-refractivity contribution in [3.63, 3.8) is 0 Å². The molecular weight excluding hydrogens is 375 g/mol. The predicted octanol–water partition coefficient (Wildman–Crippen LogP) is 4.92. The van der Waals surface area contributed by atoms with E-state index >= 15 is 0 Å². The first-order valence-electron chi connectivity index (χ1n) is 6.84. The summed E-state index contributed by atoms with van der Waals surface area (Å²) in [5.41, 5.74) is 0.913. The maximum absolute atomic E-state index is 13.1. The van der Waals surface area contributed by atoms with E-state index in [0.717, 1.165) is 9.13 Å². The van der Waals surface area contributed by atoms with Gasteiger partial charge >= 0.3 is 0 Å². The lowest BCUT2D eigenvalue weighted by Crippen LogP contribution is -2.23. The highest BCUT2D eigenvalue weighted by atomic mass is 127. The monoisotopic (exact) mass is 393 g/mol. The standard InChI is InChI=1S/C15H18F2INO/c1-2-20-14-12(9-13(18)10-19-14)4-3-11-5-7-15(16,17)8-6-11/h3-4,9-11H,2,5-8H2,1H3/b4-3+. The number of allylic oxidation sites excluding steroid dienone is 1. The van der Waals surface area contributed by atoms with Crippen LogP contribution < -0.4 is 4.74 Å². The Bertz CT molecular complexity index is 481. The van der Waals surface area contributed by atoms with E-state index in [9.17, 15) is 8.78 Å². The fourth-order valence-electron chi connectivity index (χ4n) is 2.31. The minimum atomic E-state index is -2.47. The molecule has 0 unspecified atom stereocenters. The molecule has 2 rings (SSSR count). The second kappa shape index (κ2) is 6.83. The largest absolute Gasteiger partial charge is 0.478 e. The molecule has 1 aliphatic rings. The second-order valence-electron chi connectivity index (χ2n) is 5.03. The van der Waals surface area contributed by atoms with Crippen LogP contribution in [0.2, 0.25) is 0 Å². The molecule has 1 aromatic heterocycles. The van der Waals surface area contributed by atoms with E-state index in [1.165, 1.54) is 0 Å². The van der Waals surface area contributed by atoms with E-state index in [4.69, 9.17) is 4.74 Å². The summed E-state index contributed by atoms with van der Waals surface area (Å²) in [6.07, 6.45) is 6.80. The van der Waals surface area contributed by atoms with Crippen LogP contribution in [0.5, 0.6) is 5.88 Å². The Hall–Kier alpha value is -0.720. The van der Waals surface area contributed by atoms with Crippen molar-refractivity contribution in [1.82, 2.24) is 4.98 Å². The minimum Gasteiger partial charge on any atom is -0.478 e. The molecular formula is C15H18F2INO. The SMILES string of the molecule is CCOc1ncc(I)cc1/C=C/C1CCC(F)(F)CC1. The van der Waals surface area contributed by atoms with Crippen molar-refractivity contribution in [2.75, 3.05) is 6.61 Å². The van der Waals surface area contributed by atoms with Crippen LogP contribution in [0.3, 0.4) is 0 Å². The number of aromatic nitrogens is 1. The summed E-state index contributed by atoms with van der Waals surface area (Å²) in [4.78, 5) is 4.25. The van der Waals surface area contributed by atoms with Crippen LogP contribution in [0.25, 0.3) is 6.08 Å². The maximum Gasteiger partial charge on any atom is 0.248 e. The molecule has 1 heterocycles. The number of hydrogen-bond acceptors (Lipinski definition) is 2. The van der Waals surface area contributed by atoms with Gasteiger partial charge in [-0.05, 0) is 54.3 Å². The van der Waals surface area contributed by atoms with Gasteiger partial charge in [-0.2, -0.15) is 0 Å². The zero-order valence-electron chi connectivity index (χ0n) is 11.4. The van der Waals surface area contributed by atoms with E-state index in [2.05, 4.69) is 27.6 Å². The lowest BCUT2D eigenvalue weighted by atomic mass is 9.86. The second-order valence-corrected chi connectivity index (χ2v) is 6.28. The van der Waals surface area contributed by atoms with E-state index in [1.807, 2.05) is 25.1 Å². The van der Waals surface area contributed by atoms with Gasteiger partial charge in [-0.3, -0.25) is 0 Å². The van der Waals surface area contributed by atoms with E-state index in [-0.39, 0.29) is 18.8 Å². The first-order chi connectivity index (χ1) is 9.50. The Balaban J connectivity index is 2.05. The number of pyridine rings is 1. The highest BCUT2D eigenvalue weighted by Gasteiger charge is 2.33. The molecule has 0 amide bonds. The number of nitrogens with zero attached hydrogens (tertiary/aromatic N) is 1. The molecule has 0 spiro atoms. The molecule has 0 bridgehead atoms. The van der Waals surface area contributed by atoms with Crippen molar-refractivity contribution < 1.29 is 13.5 Å². The molecule has 110 valence electrons. The summed E-state index contributed by atoms with van der Waals surface area (Å²) in [5, 5.41) is 0. The third-order valence-electron chi connectivity index (χ3n) is 3.44. The van der Waals surface area contributed by atoms with Crippen LogP contribution in [0.15, 0.2) is 18.3 Å². The zero-order chi connectivity index (χ0) is 14.6. The van der Waals surface area contributed by atoms with Gasteiger partial charge in [0.2, 0.25) is 11.8 Å². The van der Waals surface area contributed by atoms with E-state index in [1.54, 1.807) is 6.20 Å². The Kier molecular flexibility index (Phi) is 5.35. The molecule has 0 radical (unpaired) electrons. The molecule has 0 atom stereocenters. The van der Waals surface area contributed by atoms with Gasteiger partial charge in [-0.15, -0.1) is 0 Å². The first kappa shape index (κ1) is 15.7. The van der Waals surface area contributed by atoms with Crippen molar-refractivity contribution >= 4 is 28.7 Å². The minimum absolute atomic E-state index is 0.00903. The predicted molar refractivity (Wildman–Crippen MR) is 84.1 cm³/mol. The number of hydrogen-bond donors (Lipinski definition) is 0. The molecule has 0 saturated heterocycles. The van der Waals surface area contributed by atoms with E-state index < -0.39 is 5.92 Å². The Morgan fingerprint density at radius 1 is 1.45 bits per heavy atom. The van der Waals surface area contributed by atoms with Gasteiger partial charge in [0, 0.05) is 28.2 Å². The number of ether oxygens (including phenoxy) is 1. The summed E-state index contributed by atoms with van der Waals surface area (Å²) in [6, 6.07) is 1.99. The fourth-order valence-corrected chi connectivity index (χ4v) is 2.79. The molecule has 1 fully saturated rings. The molecule has 20 heavy (non-hydrogen) atoms. The summed E-state index contributed by atoms with van der Waals surface area (Å²) >= 11 is 2.20. The molecule has 0 N–H and O–H groups in total. The van der Waals surface area contributed by atoms with Crippen molar-refractivity contribution in [3.8, 4) is 5.88 Å². The van der Waals surface area contributed by atoms with Crippen molar-refractivity contribution in [1.29, 1.82) is 0 Å². The summed E-state index contributed by atoms with van der Waals surface area (Å²) in [5.74, 6) is -1.64. The van der Waals surface area contributed by atoms with Crippen LogP contribution in [0, 0.1) is 9.49 Å². The molecule has 5 heteroatoms. The molecule has 1 aliphatic carbocycles. The van der Waals surface area contributed by atoms with Crippen LogP contribution in [0.4, 0.5) is 8.78 Å². The quantitative estimate of drug-likeness (QED) is 0.678. The van der Waals surface area contributed by atoms with Gasteiger partial charge in [0.15, 0.2) is 0 Å². The average molecular weight is 393 g/mol. The normalized spacial score (nSPS) is 19.4. The zero-order valence-corrected chi connectivity index (χ0v) is 13.6. The average Bonchev–Trinajstić information content (AvgIpc) is 2.40. The van der Waals surface area contributed by atoms with Crippen molar-refractivity contribution in [2.24, 2.45) is 5.92 Å². The van der Waals surface area contributed by atoms with E-state index in [0.29, 0.717) is 25.3 Å². The molecule has 0 aliphatic heterocycles. The van der Waals surface area contributed by atoms with Gasteiger partial charge in [0.05, 0.1) is 6.61 Å². The van der Waals surface area contributed by atoms with Crippen molar-refractivity contribution in [2.45, 2.75) is 38.5 Å². The molecule has 1 saturated carbocycles. The third kappa shape index (κ3) is 4.40. The topological polar surface area (TPSA) is 22.1 Å². The van der Waals surface area contributed by atoms with Crippen LogP contribution in [-0.2, 0) is 0 Å². The molecule has 1 aromatic rings. The Labute approximate surface area is 131 Å². The van der Waals surface area contributed by atoms with Crippen LogP contribution >= 0.6 is 22.6 Å². The Morgan fingerprint density at radius 3 is 2.80 bits per heavy atom. The number of rotatable bonds is 4. The van der Waals surface area contributed by atoms with Gasteiger partial charge < -0.3 is 4.74 Å². The number of halogens is 3. The fraction of sp³-hybridized carbons (Fsp3) is 0.533. The summed E-state index contributed by atoms with van der Waals surface area (Å²) < 4.78 is 32.7. The smallest absolute Gasteiger partial charge is 0.248 e. The van der Waals surface area contributed by atoms with Crippen LogP contribution in [0.1, 0.15) is 38.2 Å².